The van der Waals surface area contributed by atoms with Gasteiger partial charge in [-0.05, 0) is 44.8 Å². The number of sulfonamides is 1. The third-order valence-electron chi connectivity index (χ3n) is 3.07. The maximum absolute atomic E-state index is 12.6. The van der Waals surface area contributed by atoms with Crippen molar-refractivity contribution in [2.24, 2.45) is 5.73 Å². The third-order valence-corrected chi connectivity index (χ3v) is 5.72. The molecule has 0 aliphatic carbocycles. The lowest BCUT2D eigenvalue weighted by Crippen LogP contribution is -2.30. The molecule has 0 fully saturated rings. The van der Waals surface area contributed by atoms with E-state index in [1.807, 2.05) is 19.0 Å². The number of halogens is 2. The molecule has 2 N–H and O–H groups in total. The molecule has 0 saturated heterocycles. The van der Waals surface area contributed by atoms with Crippen LogP contribution in [0.5, 0.6) is 0 Å². The van der Waals surface area contributed by atoms with Crippen molar-refractivity contribution >= 4 is 33.2 Å². The number of benzene rings is 1. The highest BCUT2D eigenvalue weighted by molar-refractivity contribution is 7.89. The molecule has 1 rings (SSSR count). The highest BCUT2D eigenvalue weighted by atomic mass is 35.5. The van der Waals surface area contributed by atoms with E-state index >= 15 is 0 Å². The van der Waals surface area contributed by atoms with Crippen LogP contribution in [-0.2, 0) is 16.6 Å². The zero-order chi connectivity index (χ0) is 16.2. The summed E-state index contributed by atoms with van der Waals surface area (Å²) in [4.78, 5) is 2.00. The van der Waals surface area contributed by atoms with Crippen LogP contribution in [0.4, 0.5) is 0 Å². The predicted molar refractivity (Wildman–Crippen MR) is 87.3 cm³/mol. The predicted octanol–water partition coefficient (Wildman–Crippen LogP) is 2.02. The largest absolute Gasteiger partial charge is 0.326 e. The molecule has 0 spiro atoms. The van der Waals surface area contributed by atoms with Gasteiger partial charge < -0.3 is 10.6 Å². The molecule has 120 valence electrons. The summed E-state index contributed by atoms with van der Waals surface area (Å²) in [6.07, 6.45) is 0.727. The molecule has 0 unspecified atom stereocenters. The van der Waals surface area contributed by atoms with Gasteiger partial charge in [0.25, 0.3) is 0 Å². The van der Waals surface area contributed by atoms with E-state index in [1.54, 1.807) is 6.07 Å². The fraction of sp³-hybridized carbons (Fsp3) is 0.538. The first kappa shape index (κ1) is 18.7. The molecular formula is C13H21Cl2N3O2S. The van der Waals surface area contributed by atoms with Crippen LogP contribution in [0, 0.1) is 0 Å². The van der Waals surface area contributed by atoms with Crippen molar-refractivity contribution in [2.75, 3.05) is 34.2 Å². The van der Waals surface area contributed by atoms with E-state index in [0.29, 0.717) is 17.1 Å². The van der Waals surface area contributed by atoms with Crippen molar-refractivity contribution < 1.29 is 8.42 Å². The van der Waals surface area contributed by atoms with E-state index in [-0.39, 0.29) is 16.5 Å². The highest BCUT2D eigenvalue weighted by Gasteiger charge is 2.25. The molecule has 5 nitrogen and oxygen atoms in total. The average molecular weight is 354 g/mol. The number of rotatable bonds is 7. The zero-order valence-corrected chi connectivity index (χ0v) is 14.8. The Morgan fingerprint density at radius 3 is 2.29 bits per heavy atom. The quantitative estimate of drug-likeness (QED) is 0.814. The van der Waals surface area contributed by atoms with Crippen molar-refractivity contribution in [2.45, 2.75) is 17.9 Å². The maximum atomic E-state index is 12.6. The summed E-state index contributed by atoms with van der Waals surface area (Å²) in [5, 5.41) is 0.446. The minimum atomic E-state index is -3.68. The van der Waals surface area contributed by atoms with E-state index < -0.39 is 10.0 Å². The van der Waals surface area contributed by atoms with Crippen LogP contribution in [0.25, 0.3) is 0 Å². The summed E-state index contributed by atoms with van der Waals surface area (Å²) < 4.78 is 26.4. The van der Waals surface area contributed by atoms with Crippen molar-refractivity contribution in [1.29, 1.82) is 0 Å². The molecule has 0 aliphatic heterocycles. The minimum Gasteiger partial charge on any atom is -0.326 e. The second kappa shape index (κ2) is 7.76. The number of nitrogens with two attached hydrogens (primary N) is 1. The number of hydrogen-bond acceptors (Lipinski definition) is 4. The minimum absolute atomic E-state index is 0.00414. The Balaban J connectivity index is 3.05. The van der Waals surface area contributed by atoms with Gasteiger partial charge in [0.05, 0.1) is 5.02 Å². The topological polar surface area (TPSA) is 66.6 Å². The zero-order valence-electron chi connectivity index (χ0n) is 12.4. The molecule has 0 saturated carbocycles. The van der Waals surface area contributed by atoms with E-state index in [2.05, 4.69) is 0 Å². The Kier molecular flexibility index (Phi) is 6.90. The van der Waals surface area contributed by atoms with Gasteiger partial charge in [0.2, 0.25) is 10.0 Å². The molecule has 0 aromatic heterocycles. The summed E-state index contributed by atoms with van der Waals surface area (Å²) in [5.41, 5.74) is 6.08. The van der Waals surface area contributed by atoms with E-state index in [1.165, 1.54) is 17.4 Å². The molecular weight excluding hydrogens is 333 g/mol. The van der Waals surface area contributed by atoms with Crippen molar-refractivity contribution in [3.05, 3.63) is 27.7 Å². The Labute approximate surface area is 136 Å². The van der Waals surface area contributed by atoms with Crippen molar-refractivity contribution in [3.8, 4) is 0 Å². The highest BCUT2D eigenvalue weighted by Crippen LogP contribution is 2.30. The first-order chi connectivity index (χ1) is 9.70. The van der Waals surface area contributed by atoms with Crippen LogP contribution in [0.3, 0.4) is 0 Å². The maximum Gasteiger partial charge on any atom is 0.244 e. The van der Waals surface area contributed by atoms with Crippen molar-refractivity contribution in [3.63, 3.8) is 0 Å². The second-order valence-corrected chi connectivity index (χ2v) is 7.89. The van der Waals surface area contributed by atoms with Gasteiger partial charge in [-0.15, -0.1) is 0 Å². The van der Waals surface area contributed by atoms with Gasteiger partial charge >= 0.3 is 0 Å². The van der Waals surface area contributed by atoms with Gasteiger partial charge in [-0.1, -0.05) is 23.2 Å². The lowest BCUT2D eigenvalue weighted by molar-refractivity contribution is 0.370. The van der Waals surface area contributed by atoms with E-state index in [4.69, 9.17) is 28.9 Å². The van der Waals surface area contributed by atoms with Crippen LogP contribution >= 0.6 is 23.2 Å². The van der Waals surface area contributed by atoms with Gasteiger partial charge in [0, 0.05) is 25.2 Å². The Morgan fingerprint density at radius 1 is 1.14 bits per heavy atom. The van der Waals surface area contributed by atoms with Crippen LogP contribution < -0.4 is 5.73 Å². The number of nitrogens with zero attached hydrogens (tertiary/aromatic N) is 2. The Hall–Kier alpha value is -0.370. The fourth-order valence-corrected chi connectivity index (χ4v) is 3.98. The van der Waals surface area contributed by atoms with Gasteiger partial charge in [-0.3, -0.25) is 0 Å². The summed E-state index contributed by atoms with van der Waals surface area (Å²) in [7, 11) is 1.73. The first-order valence-electron chi connectivity index (χ1n) is 6.49. The second-order valence-electron chi connectivity index (χ2n) is 5.06. The molecule has 0 heterocycles. The Morgan fingerprint density at radius 2 is 1.76 bits per heavy atom. The summed E-state index contributed by atoms with van der Waals surface area (Å²) >= 11 is 12.1. The van der Waals surface area contributed by atoms with E-state index in [9.17, 15) is 8.42 Å². The SMILES string of the molecule is CN(C)CCCN(C)S(=O)(=O)c1cc(Cl)cc(CN)c1Cl. The molecule has 0 radical (unpaired) electrons. The molecule has 0 atom stereocenters. The molecule has 0 aliphatic rings. The third kappa shape index (κ3) is 4.81. The van der Waals surface area contributed by atoms with Gasteiger partial charge in [0.15, 0.2) is 0 Å². The summed E-state index contributed by atoms with van der Waals surface area (Å²) in [5.74, 6) is 0. The standard InChI is InChI=1S/C13H21Cl2N3O2S/c1-17(2)5-4-6-18(3)21(19,20)12-8-11(14)7-10(9-16)13(12)15/h7-8H,4-6,9,16H2,1-3H3. The molecule has 1 aromatic carbocycles. The van der Waals surface area contributed by atoms with Gasteiger partial charge in [-0.2, -0.15) is 0 Å². The van der Waals surface area contributed by atoms with Gasteiger partial charge in [0.1, 0.15) is 4.90 Å². The van der Waals surface area contributed by atoms with Crippen LogP contribution in [0.15, 0.2) is 17.0 Å². The fourth-order valence-electron chi connectivity index (χ4n) is 1.85. The van der Waals surface area contributed by atoms with Crippen LogP contribution in [0.1, 0.15) is 12.0 Å². The average Bonchev–Trinajstić information content (AvgIpc) is 2.40. The first-order valence-corrected chi connectivity index (χ1v) is 8.68. The smallest absolute Gasteiger partial charge is 0.244 e. The van der Waals surface area contributed by atoms with Crippen LogP contribution in [0.2, 0.25) is 10.0 Å². The monoisotopic (exact) mass is 353 g/mol. The lowest BCUT2D eigenvalue weighted by Gasteiger charge is -2.20. The molecule has 21 heavy (non-hydrogen) atoms. The molecule has 0 amide bonds. The van der Waals surface area contributed by atoms with Crippen molar-refractivity contribution in [1.82, 2.24) is 9.21 Å². The summed E-state index contributed by atoms with van der Waals surface area (Å²) in [6, 6.07) is 2.94. The Bertz CT molecular complexity index is 591. The van der Waals surface area contributed by atoms with Gasteiger partial charge in [-0.25, -0.2) is 12.7 Å². The van der Waals surface area contributed by atoms with E-state index in [0.717, 1.165) is 13.0 Å². The number of hydrogen-bond donors (Lipinski definition) is 1. The van der Waals surface area contributed by atoms with Crippen LogP contribution in [-0.4, -0.2) is 51.9 Å². The lowest BCUT2D eigenvalue weighted by atomic mass is 10.2. The normalized spacial score (nSPS) is 12.4. The molecule has 1 aromatic rings. The molecule has 0 bridgehead atoms. The summed E-state index contributed by atoms with van der Waals surface area (Å²) in [6.45, 7) is 1.34. The molecule has 8 heteroatoms.